The van der Waals surface area contributed by atoms with Gasteiger partial charge in [-0.05, 0) is 36.8 Å². The number of nitriles is 1. The molecule has 1 aliphatic rings. The molecule has 0 atom stereocenters. The smallest absolute Gasteiger partial charge is 0.237 e. The molecule has 9 heteroatoms. The zero-order valence-electron chi connectivity index (χ0n) is 19.0. The number of carbonyl (C=O) groups is 1. The Hall–Kier alpha value is -2.70. The molecule has 4 rings (SSSR count). The molecule has 0 N–H and O–H groups in total. The van der Waals surface area contributed by atoms with Gasteiger partial charge in [-0.3, -0.25) is 9.69 Å². The van der Waals surface area contributed by atoms with Crippen molar-refractivity contribution in [2.75, 3.05) is 43.5 Å². The van der Waals surface area contributed by atoms with Crippen molar-refractivity contribution in [2.24, 2.45) is 0 Å². The minimum absolute atomic E-state index is 0.0839. The van der Waals surface area contributed by atoms with Crippen LogP contribution in [0.15, 0.2) is 47.5 Å². The molecule has 34 heavy (non-hydrogen) atoms. The van der Waals surface area contributed by atoms with E-state index in [2.05, 4.69) is 11.0 Å². The molecular weight excluding hydrogens is 470 g/mol. The molecule has 1 aliphatic heterocycles. The summed E-state index contributed by atoms with van der Waals surface area (Å²) in [6, 6.07) is 15.5. The average molecular weight is 496 g/mol. The van der Waals surface area contributed by atoms with Gasteiger partial charge in [-0.2, -0.15) is 5.26 Å². The van der Waals surface area contributed by atoms with Gasteiger partial charge in [0.25, 0.3) is 0 Å². The summed E-state index contributed by atoms with van der Waals surface area (Å²) in [5, 5.41) is 11.4. The topological polar surface area (TPSA) is 82.4 Å². The maximum absolute atomic E-state index is 13.3. The van der Waals surface area contributed by atoms with Crippen molar-refractivity contribution in [3.63, 3.8) is 0 Å². The maximum atomic E-state index is 13.3. The van der Waals surface area contributed by atoms with Crippen LogP contribution in [0.25, 0.3) is 10.9 Å². The highest BCUT2D eigenvalue weighted by Gasteiger charge is 2.19. The number of fused-ring (bicyclic) bond motifs is 1. The lowest BCUT2D eigenvalue weighted by Gasteiger charge is -2.26. The van der Waals surface area contributed by atoms with E-state index in [4.69, 9.17) is 31.6 Å². The van der Waals surface area contributed by atoms with E-state index < -0.39 is 0 Å². The third-order valence-corrected chi connectivity index (χ3v) is 7.02. The van der Waals surface area contributed by atoms with Crippen molar-refractivity contribution in [1.29, 1.82) is 5.26 Å². The number of thioether (sulfide) groups is 1. The van der Waals surface area contributed by atoms with E-state index in [1.165, 1.54) is 11.8 Å². The fraction of sp³-hybridized carbons (Fsp3) is 0.360. The first-order valence-corrected chi connectivity index (χ1v) is 12.5. The van der Waals surface area contributed by atoms with E-state index >= 15 is 0 Å². The van der Waals surface area contributed by atoms with Gasteiger partial charge in [0.15, 0.2) is 0 Å². The Morgan fingerprint density at radius 2 is 2.03 bits per heavy atom. The zero-order chi connectivity index (χ0) is 23.9. The summed E-state index contributed by atoms with van der Waals surface area (Å²) in [4.78, 5) is 26.7. The predicted octanol–water partition coefficient (Wildman–Crippen LogP) is 4.46. The molecule has 0 saturated carbocycles. The highest BCUT2D eigenvalue weighted by molar-refractivity contribution is 8.00. The van der Waals surface area contributed by atoms with Gasteiger partial charge < -0.3 is 9.64 Å². The lowest BCUT2D eigenvalue weighted by atomic mass is 10.2. The molecule has 0 aliphatic carbocycles. The van der Waals surface area contributed by atoms with Crippen molar-refractivity contribution in [2.45, 2.75) is 24.9 Å². The number of aryl methyl sites for hydroxylation is 1. The van der Waals surface area contributed by atoms with Gasteiger partial charge in [-0.15, -0.1) is 0 Å². The van der Waals surface area contributed by atoms with E-state index in [1.54, 1.807) is 11.0 Å². The van der Waals surface area contributed by atoms with Crippen molar-refractivity contribution < 1.29 is 9.53 Å². The van der Waals surface area contributed by atoms with Crippen LogP contribution >= 0.6 is 23.4 Å². The van der Waals surface area contributed by atoms with E-state index in [0.29, 0.717) is 31.3 Å². The molecular formula is C25H26ClN5O2S. The van der Waals surface area contributed by atoms with Gasteiger partial charge in [0.2, 0.25) is 5.91 Å². The molecule has 2 aromatic carbocycles. The van der Waals surface area contributed by atoms with Gasteiger partial charge >= 0.3 is 0 Å². The number of aromatic nitrogens is 2. The first kappa shape index (κ1) is 24.4. The van der Waals surface area contributed by atoms with Gasteiger partial charge in [-0.1, -0.05) is 41.6 Å². The second kappa shape index (κ2) is 11.6. The van der Waals surface area contributed by atoms with Crippen LogP contribution in [-0.4, -0.2) is 59.4 Å². The van der Waals surface area contributed by atoms with Crippen LogP contribution in [0, 0.1) is 18.3 Å². The summed E-state index contributed by atoms with van der Waals surface area (Å²) in [7, 11) is 0. The van der Waals surface area contributed by atoms with Gasteiger partial charge in [0.1, 0.15) is 10.9 Å². The van der Waals surface area contributed by atoms with E-state index in [1.807, 2.05) is 43.3 Å². The highest BCUT2D eigenvalue weighted by Crippen LogP contribution is 2.28. The lowest BCUT2D eigenvalue weighted by molar-refractivity contribution is -0.116. The minimum atomic E-state index is -0.0839. The summed E-state index contributed by atoms with van der Waals surface area (Å²) >= 11 is 7.57. The molecule has 2 heterocycles. The SMILES string of the molecule is Cc1cc(N(CCC#N)C(=O)CSc2nc(CN3CCOCC3)nc3ccccc23)ccc1Cl. The van der Waals surface area contributed by atoms with Crippen molar-refractivity contribution >= 4 is 45.9 Å². The maximum Gasteiger partial charge on any atom is 0.237 e. The molecule has 1 saturated heterocycles. The van der Waals surface area contributed by atoms with Crippen LogP contribution in [0.2, 0.25) is 5.02 Å². The number of ether oxygens (including phenoxy) is 1. The quantitative estimate of drug-likeness (QED) is 0.337. The number of anilines is 1. The molecule has 1 fully saturated rings. The largest absolute Gasteiger partial charge is 0.379 e. The number of rotatable bonds is 8. The number of morpholine rings is 1. The highest BCUT2D eigenvalue weighted by atomic mass is 35.5. The molecule has 176 valence electrons. The normalized spacial score (nSPS) is 14.1. The Morgan fingerprint density at radius 1 is 1.24 bits per heavy atom. The summed E-state index contributed by atoms with van der Waals surface area (Å²) in [5.74, 6) is 0.857. The summed E-state index contributed by atoms with van der Waals surface area (Å²) in [6.45, 7) is 6.00. The first-order chi connectivity index (χ1) is 16.5. The number of amides is 1. The predicted molar refractivity (Wildman–Crippen MR) is 135 cm³/mol. The fourth-order valence-electron chi connectivity index (χ4n) is 3.80. The lowest BCUT2D eigenvalue weighted by Crippen LogP contribution is -2.36. The van der Waals surface area contributed by atoms with Crippen LogP contribution in [0.3, 0.4) is 0 Å². The second-order valence-electron chi connectivity index (χ2n) is 8.03. The van der Waals surface area contributed by atoms with E-state index in [0.717, 1.165) is 46.1 Å². The Bertz CT molecular complexity index is 1210. The Labute approximate surface area is 208 Å². The van der Waals surface area contributed by atoms with Crippen molar-refractivity contribution in [3.05, 3.63) is 58.9 Å². The molecule has 0 spiro atoms. The van der Waals surface area contributed by atoms with Gasteiger partial charge in [-0.25, -0.2) is 9.97 Å². The number of carbonyl (C=O) groups excluding carboxylic acids is 1. The molecule has 3 aromatic rings. The van der Waals surface area contributed by atoms with E-state index in [-0.39, 0.29) is 18.1 Å². The molecule has 0 unspecified atom stereocenters. The number of para-hydroxylation sites is 1. The number of benzene rings is 2. The van der Waals surface area contributed by atoms with Gasteiger partial charge in [0, 0.05) is 35.7 Å². The van der Waals surface area contributed by atoms with E-state index in [9.17, 15) is 4.79 Å². The standard InChI is InChI=1S/C25H26ClN5O2S/c1-18-15-19(7-8-21(18)26)31(10-4-9-27)24(32)17-34-25-20-5-2-3-6-22(20)28-23(29-25)16-30-11-13-33-14-12-30/h2-3,5-8,15H,4,10-14,16-17H2,1H3. The second-order valence-corrected chi connectivity index (χ2v) is 9.40. The molecule has 0 radical (unpaired) electrons. The van der Waals surface area contributed by atoms with Crippen LogP contribution in [-0.2, 0) is 16.1 Å². The van der Waals surface area contributed by atoms with Crippen molar-refractivity contribution in [1.82, 2.24) is 14.9 Å². The summed E-state index contributed by atoms with van der Waals surface area (Å²) in [5.41, 5.74) is 2.49. The Morgan fingerprint density at radius 3 is 2.79 bits per heavy atom. The zero-order valence-corrected chi connectivity index (χ0v) is 20.6. The summed E-state index contributed by atoms with van der Waals surface area (Å²) < 4.78 is 5.44. The minimum Gasteiger partial charge on any atom is -0.379 e. The van der Waals surface area contributed by atoms with Crippen LogP contribution in [0.5, 0.6) is 0 Å². The average Bonchev–Trinajstić information content (AvgIpc) is 2.85. The third kappa shape index (κ3) is 6.05. The number of hydrogen-bond donors (Lipinski definition) is 0. The van der Waals surface area contributed by atoms with Crippen LogP contribution in [0.1, 0.15) is 17.8 Å². The number of hydrogen-bond acceptors (Lipinski definition) is 7. The van der Waals surface area contributed by atoms with Crippen LogP contribution in [0.4, 0.5) is 5.69 Å². The Balaban J connectivity index is 1.54. The molecule has 7 nitrogen and oxygen atoms in total. The molecule has 0 bridgehead atoms. The monoisotopic (exact) mass is 495 g/mol. The Kier molecular flexibility index (Phi) is 8.35. The fourth-order valence-corrected chi connectivity index (χ4v) is 4.83. The number of halogens is 1. The van der Waals surface area contributed by atoms with Crippen LogP contribution < -0.4 is 4.90 Å². The number of nitrogens with zero attached hydrogens (tertiary/aromatic N) is 5. The van der Waals surface area contributed by atoms with Crippen molar-refractivity contribution in [3.8, 4) is 6.07 Å². The molecule has 1 aromatic heterocycles. The van der Waals surface area contributed by atoms with Gasteiger partial charge in [0.05, 0.1) is 43.5 Å². The first-order valence-electron chi connectivity index (χ1n) is 11.2. The summed E-state index contributed by atoms with van der Waals surface area (Å²) in [6.07, 6.45) is 0.248. The third-order valence-electron chi connectivity index (χ3n) is 5.62. The molecule has 1 amide bonds.